The van der Waals surface area contributed by atoms with E-state index in [0.717, 1.165) is 22.3 Å². The molecule has 3 N–H and O–H groups in total. The molecule has 7 nitrogen and oxygen atoms in total. The molecule has 2 atom stereocenters. The number of carboxylic acids is 1. The number of nitrogens with one attached hydrogen (secondary N) is 2. The van der Waals surface area contributed by atoms with Crippen molar-refractivity contribution < 1.29 is 37.4 Å². The maximum Gasteiger partial charge on any atom is 0.408 e. The topological polar surface area (TPSA) is 105 Å². The van der Waals surface area contributed by atoms with Gasteiger partial charge in [0.2, 0.25) is 5.91 Å². The monoisotopic (exact) mass is 492 g/mol. The lowest BCUT2D eigenvalue weighted by atomic mass is 9.98. The van der Waals surface area contributed by atoms with Gasteiger partial charge in [0.05, 0.1) is 0 Å². The third kappa shape index (κ3) is 5.93. The van der Waals surface area contributed by atoms with Crippen molar-refractivity contribution in [2.45, 2.75) is 56.8 Å². The molecule has 2 aromatic carbocycles. The number of amides is 2. The molecule has 0 saturated carbocycles. The highest BCUT2D eigenvalue weighted by Gasteiger charge is 2.42. The summed E-state index contributed by atoms with van der Waals surface area (Å²) in [6.07, 6.45) is -7.42. The molecule has 2 aromatic rings. The summed E-state index contributed by atoms with van der Waals surface area (Å²) < 4.78 is 45.7. The molecule has 1 unspecified atom stereocenters. The number of carbonyl (C=O) groups is 3. The van der Waals surface area contributed by atoms with Crippen molar-refractivity contribution in [3.63, 3.8) is 0 Å². The van der Waals surface area contributed by atoms with Crippen LogP contribution in [0.5, 0.6) is 0 Å². The van der Waals surface area contributed by atoms with Gasteiger partial charge in [-0.3, -0.25) is 4.79 Å². The van der Waals surface area contributed by atoms with E-state index in [-0.39, 0.29) is 18.9 Å². The number of benzene rings is 2. The third-order valence-corrected chi connectivity index (χ3v) is 6.29. The Morgan fingerprint density at radius 1 is 1.03 bits per heavy atom. The van der Waals surface area contributed by atoms with E-state index in [4.69, 9.17) is 4.74 Å². The number of hydrogen-bond acceptors (Lipinski definition) is 4. The van der Waals surface area contributed by atoms with Crippen molar-refractivity contribution in [2.75, 3.05) is 6.61 Å². The smallest absolute Gasteiger partial charge is 0.408 e. The van der Waals surface area contributed by atoms with Gasteiger partial charge in [0.15, 0.2) is 0 Å². The number of halogens is 3. The van der Waals surface area contributed by atoms with Gasteiger partial charge in [0.1, 0.15) is 18.2 Å². The lowest BCUT2D eigenvalue weighted by molar-refractivity contribution is -0.157. The molecule has 1 aliphatic carbocycles. The zero-order valence-electron chi connectivity index (χ0n) is 19.3. The molecule has 2 amide bonds. The van der Waals surface area contributed by atoms with Crippen molar-refractivity contribution in [3.05, 3.63) is 59.7 Å². The fraction of sp³-hybridized carbons (Fsp3) is 0.400. The fourth-order valence-electron chi connectivity index (χ4n) is 4.04. The fourth-order valence-corrected chi connectivity index (χ4v) is 4.04. The third-order valence-electron chi connectivity index (χ3n) is 6.29. The molecular formula is C25H27F3N2O5. The second kappa shape index (κ2) is 10.4. The number of carboxylic acid groups (broad SMARTS) is 1. The highest BCUT2D eigenvalue weighted by atomic mass is 19.4. The van der Waals surface area contributed by atoms with Crippen LogP contribution in [0.2, 0.25) is 0 Å². The van der Waals surface area contributed by atoms with Crippen LogP contribution in [0.1, 0.15) is 50.2 Å². The summed E-state index contributed by atoms with van der Waals surface area (Å²) in [7, 11) is 0. The van der Waals surface area contributed by atoms with E-state index in [1.165, 1.54) is 13.8 Å². The predicted molar refractivity (Wildman–Crippen MR) is 122 cm³/mol. The van der Waals surface area contributed by atoms with E-state index >= 15 is 0 Å². The molecule has 0 radical (unpaired) electrons. The van der Waals surface area contributed by atoms with Crippen LogP contribution < -0.4 is 10.6 Å². The number of fused-ring (bicyclic) bond motifs is 3. The van der Waals surface area contributed by atoms with Crippen LogP contribution in [0.15, 0.2) is 48.5 Å². The van der Waals surface area contributed by atoms with Crippen molar-refractivity contribution in [3.8, 4) is 11.1 Å². The number of alkyl halides is 3. The van der Waals surface area contributed by atoms with Crippen molar-refractivity contribution >= 4 is 18.0 Å². The minimum Gasteiger partial charge on any atom is -0.480 e. The van der Waals surface area contributed by atoms with E-state index < -0.39 is 48.6 Å². The first-order chi connectivity index (χ1) is 16.5. The molecule has 0 aliphatic heterocycles. The maximum atomic E-state index is 13.5. The number of carbonyl (C=O) groups excluding carboxylic acids is 2. The second-order valence-corrected chi connectivity index (χ2v) is 8.64. The molecule has 0 bridgehead atoms. The quantitative estimate of drug-likeness (QED) is 0.474. The van der Waals surface area contributed by atoms with Gasteiger partial charge in [-0.15, -0.1) is 0 Å². The van der Waals surface area contributed by atoms with Gasteiger partial charge >= 0.3 is 18.2 Å². The maximum absolute atomic E-state index is 13.5. The summed E-state index contributed by atoms with van der Waals surface area (Å²) in [5.74, 6) is -2.47. The number of rotatable bonds is 9. The Labute approximate surface area is 200 Å². The summed E-state index contributed by atoms with van der Waals surface area (Å²) in [5.41, 5.74) is 2.21. The molecular weight excluding hydrogens is 465 g/mol. The number of hydrogen-bond donors (Lipinski definition) is 3. The van der Waals surface area contributed by atoms with Crippen LogP contribution in [-0.2, 0) is 14.3 Å². The Bertz CT molecular complexity index is 1060. The summed E-state index contributed by atoms with van der Waals surface area (Å²) >= 11 is 0. The van der Waals surface area contributed by atoms with Crippen LogP contribution in [0.4, 0.5) is 18.0 Å². The van der Waals surface area contributed by atoms with E-state index in [0.29, 0.717) is 0 Å². The van der Waals surface area contributed by atoms with E-state index in [9.17, 15) is 32.7 Å². The molecule has 188 valence electrons. The predicted octanol–water partition coefficient (Wildman–Crippen LogP) is 4.61. The SMILES string of the molecule is CCC(C)(NC(=O)CC[C@H](NC(=O)OCC1c2ccccc2-c2ccccc21)C(F)(F)F)C(=O)O. The minimum absolute atomic E-state index is 0.0504. The highest BCUT2D eigenvalue weighted by molar-refractivity contribution is 5.86. The van der Waals surface area contributed by atoms with Gasteiger partial charge in [-0.1, -0.05) is 55.5 Å². The Kier molecular flexibility index (Phi) is 7.72. The number of alkyl carbamates (subject to hydrolysis) is 1. The van der Waals surface area contributed by atoms with Crippen molar-refractivity contribution in [2.24, 2.45) is 0 Å². The Morgan fingerprint density at radius 2 is 1.57 bits per heavy atom. The number of ether oxygens (including phenoxy) is 1. The largest absolute Gasteiger partial charge is 0.480 e. The van der Waals surface area contributed by atoms with E-state index in [1.807, 2.05) is 48.5 Å². The van der Waals surface area contributed by atoms with Crippen LogP contribution in [0, 0.1) is 0 Å². The van der Waals surface area contributed by atoms with Crippen LogP contribution >= 0.6 is 0 Å². The van der Waals surface area contributed by atoms with Gasteiger partial charge in [-0.2, -0.15) is 13.2 Å². The zero-order chi connectivity index (χ0) is 25.8. The van der Waals surface area contributed by atoms with Crippen molar-refractivity contribution in [1.29, 1.82) is 0 Å². The van der Waals surface area contributed by atoms with Gasteiger partial charge in [0.25, 0.3) is 0 Å². The second-order valence-electron chi connectivity index (χ2n) is 8.64. The van der Waals surface area contributed by atoms with Crippen LogP contribution in [0.3, 0.4) is 0 Å². The number of aliphatic carboxylic acids is 1. The minimum atomic E-state index is -4.83. The summed E-state index contributed by atoms with van der Waals surface area (Å²) in [6.45, 7) is 2.65. The van der Waals surface area contributed by atoms with Gasteiger partial charge in [-0.25, -0.2) is 9.59 Å². The molecule has 1 aliphatic rings. The first-order valence-corrected chi connectivity index (χ1v) is 11.2. The van der Waals surface area contributed by atoms with Gasteiger partial charge in [-0.05, 0) is 42.0 Å². The lowest BCUT2D eigenvalue weighted by Gasteiger charge is -2.26. The van der Waals surface area contributed by atoms with Crippen LogP contribution in [-0.4, -0.2) is 47.4 Å². The average molecular weight is 492 g/mol. The average Bonchev–Trinajstić information content (AvgIpc) is 3.13. The first-order valence-electron chi connectivity index (χ1n) is 11.2. The molecule has 3 rings (SSSR count). The molecule has 0 fully saturated rings. The normalized spacial score (nSPS) is 15.3. The Morgan fingerprint density at radius 3 is 2.06 bits per heavy atom. The summed E-state index contributed by atoms with van der Waals surface area (Å²) in [6, 6.07) is 12.8. The van der Waals surface area contributed by atoms with E-state index in [1.54, 1.807) is 5.32 Å². The molecule has 35 heavy (non-hydrogen) atoms. The van der Waals surface area contributed by atoms with Gasteiger partial charge < -0.3 is 20.5 Å². The molecule has 0 spiro atoms. The zero-order valence-corrected chi connectivity index (χ0v) is 19.3. The highest BCUT2D eigenvalue weighted by Crippen LogP contribution is 2.44. The lowest BCUT2D eigenvalue weighted by Crippen LogP contribution is -2.52. The molecule has 10 heteroatoms. The molecule has 0 saturated heterocycles. The Hall–Kier alpha value is -3.56. The molecule has 0 aromatic heterocycles. The first kappa shape index (κ1) is 26.1. The Balaban J connectivity index is 1.61. The van der Waals surface area contributed by atoms with Crippen LogP contribution in [0.25, 0.3) is 11.1 Å². The van der Waals surface area contributed by atoms with Gasteiger partial charge in [0, 0.05) is 12.3 Å². The van der Waals surface area contributed by atoms with Crippen molar-refractivity contribution in [1.82, 2.24) is 10.6 Å². The summed E-state index contributed by atoms with van der Waals surface area (Å²) in [5, 5.41) is 13.2. The summed E-state index contributed by atoms with van der Waals surface area (Å²) in [4.78, 5) is 35.7. The van der Waals surface area contributed by atoms with E-state index in [2.05, 4.69) is 5.32 Å². The molecule has 0 heterocycles. The standard InChI is InChI=1S/C25H27F3N2O5/c1-3-24(2,22(32)33)30-21(31)13-12-20(25(26,27)28)29-23(34)35-14-19-17-10-6-4-8-15(17)16-9-5-7-11-18(16)19/h4-11,19-20H,3,12-14H2,1-2H3,(H,29,34)(H,30,31)(H,32,33)/t20-,24?/m0/s1.